The molecule has 0 saturated carbocycles. The molecule has 0 bridgehead atoms. The Balaban J connectivity index is 1.76. The van der Waals surface area contributed by atoms with Crippen LogP contribution in [0, 0.1) is 0 Å². The molecule has 25 heavy (non-hydrogen) atoms. The quantitative estimate of drug-likeness (QED) is 0.661. The molecule has 1 aliphatic rings. The van der Waals surface area contributed by atoms with Crippen molar-refractivity contribution in [2.75, 3.05) is 31.2 Å². The lowest BCUT2D eigenvalue weighted by atomic mass is 10.2. The van der Waals surface area contributed by atoms with Gasteiger partial charge in [0.15, 0.2) is 16.4 Å². The van der Waals surface area contributed by atoms with E-state index >= 15 is 0 Å². The van der Waals surface area contributed by atoms with Crippen LogP contribution in [0.15, 0.2) is 17.5 Å². The van der Waals surface area contributed by atoms with E-state index in [9.17, 15) is 22.8 Å². The maximum atomic E-state index is 12.2. The van der Waals surface area contributed by atoms with Crippen LogP contribution in [0.4, 0.5) is 0 Å². The summed E-state index contributed by atoms with van der Waals surface area (Å²) in [6.07, 6.45) is 0.396. The predicted octanol–water partition coefficient (Wildman–Crippen LogP) is 0.0567. The van der Waals surface area contributed by atoms with Gasteiger partial charge >= 0.3 is 5.97 Å². The zero-order chi connectivity index (χ0) is 18.4. The second-order valence-electron chi connectivity index (χ2n) is 5.56. The molecule has 0 spiro atoms. The number of sulfone groups is 1. The molecule has 1 aromatic heterocycles. The summed E-state index contributed by atoms with van der Waals surface area (Å²) in [5.41, 5.74) is 0. The topological polar surface area (TPSA) is 110 Å². The van der Waals surface area contributed by atoms with E-state index in [0.717, 1.165) is 0 Å². The predicted molar refractivity (Wildman–Crippen MR) is 92.1 cm³/mol. The molecule has 1 N–H and O–H groups in total. The molecule has 0 aromatic carbocycles. The van der Waals surface area contributed by atoms with Crippen LogP contribution < -0.4 is 5.32 Å². The van der Waals surface area contributed by atoms with Gasteiger partial charge in [-0.1, -0.05) is 6.07 Å². The van der Waals surface area contributed by atoms with Crippen LogP contribution in [-0.2, 0) is 24.2 Å². The number of ether oxygens (including phenoxy) is 1. The minimum atomic E-state index is -3.10. The Morgan fingerprint density at radius 1 is 1.40 bits per heavy atom. The summed E-state index contributed by atoms with van der Waals surface area (Å²) in [7, 11) is -3.10. The molecule has 10 heteroatoms. The summed E-state index contributed by atoms with van der Waals surface area (Å²) in [5, 5.41) is 4.15. The van der Waals surface area contributed by atoms with Gasteiger partial charge in [-0.3, -0.25) is 14.4 Å². The Labute approximate surface area is 150 Å². The lowest BCUT2D eigenvalue weighted by molar-refractivity contribution is -0.151. The average Bonchev–Trinajstić information content (AvgIpc) is 3.21. The van der Waals surface area contributed by atoms with Crippen LogP contribution in [0.1, 0.15) is 23.0 Å². The highest BCUT2D eigenvalue weighted by atomic mass is 32.2. The fourth-order valence-electron chi connectivity index (χ4n) is 2.58. The summed E-state index contributed by atoms with van der Waals surface area (Å²) in [5.74, 6) is -1.55. The Hall–Kier alpha value is -1.94. The standard InChI is InChI=1S/C15H20N2O6S2/c1-2-17(11-5-7-25(21,22)10-11)13(18)9-23-14(19)8-16-15(20)12-4-3-6-24-12/h3-4,6,11H,2,5,7-10H2,1H3,(H,16,20). The fraction of sp³-hybridized carbons (Fsp3) is 0.533. The van der Waals surface area contributed by atoms with Gasteiger partial charge in [0.25, 0.3) is 11.8 Å². The number of carbonyl (C=O) groups is 3. The van der Waals surface area contributed by atoms with Crippen molar-refractivity contribution in [3.8, 4) is 0 Å². The van der Waals surface area contributed by atoms with Crippen LogP contribution >= 0.6 is 11.3 Å². The first-order chi connectivity index (χ1) is 11.8. The Bertz CT molecular complexity index is 729. The molecule has 0 radical (unpaired) electrons. The Kier molecular flexibility index (Phi) is 6.54. The first kappa shape index (κ1) is 19.4. The monoisotopic (exact) mass is 388 g/mol. The van der Waals surface area contributed by atoms with Crippen molar-refractivity contribution in [2.45, 2.75) is 19.4 Å². The second kappa shape index (κ2) is 8.43. The van der Waals surface area contributed by atoms with Gasteiger partial charge in [0, 0.05) is 12.6 Å². The van der Waals surface area contributed by atoms with Gasteiger partial charge in [-0.25, -0.2) is 8.42 Å². The molecule has 1 unspecified atom stereocenters. The number of nitrogens with one attached hydrogen (secondary N) is 1. The zero-order valence-electron chi connectivity index (χ0n) is 13.8. The summed E-state index contributed by atoms with van der Waals surface area (Å²) in [6.45, 7) is 1.27. The SMILES string of the molecule is CCN(C(=O)COC(=O)CNC(=O)c1cccs1)C1CCS(=O)(=O)C1. The number of likely N-dealkylation sites (N-methyl/N-ethyl adjacent to an activating group) is 1. The number of carbonyl (C=O) groups excluding carboxylic acids is 3. The number of rotatable bonds is 7. The third-order valence-electron chi connectivity index (χ3n) is 3.81. The number of esters is 1. The van der Waals surface area contributed by atoms with Crippen molar-refractivity contribution in [1.82, 2.24) is 10.2 Å². The van der Waals surface area contributed by atoms with Crippen molar-refractivity contribution in [1.29, 1.82) is 0 Å². The lowest BCUT2D eigenvalue weighted by Gasteiger charge is -2.26. The second-order valence-corrected chi connectivity index (χ2v) is 8.73. The van der Waals surface area contributed by atoms with E-state index in [1.54, 1.807) is 24.4 Å². The molecule has 0 aliphatic carbocycles. The van der Waals surface area contributed by atoms with Crippen molar-refractivity contribution < 1.29 is 27.5 Å². The molecule has 1 aliphatic heterocycles. The molecule has 138 valence electrons. The van der Waals surface area contributed by atoms with Crippen molar-refractivity contribution in [3.05, 3.63) is 22.4 Å². The van der Waals surface area contributed by atoms with Crippen LogP contribution in [0.3, 0.4) is 0 Å². The van der Waals surface area contributed by atoms with Gasteiger partial charge in [-0.15, -0.1) is 11.3 Å². The number of nitrogens with zero attached hydrogens (tertiary/aromatic N) is 1. The third-order valence-corrected chi connectivity index (χ3v) is 6.42. The van der Waals surface area contributed by atoms with Gasteiger partial charge in [0.1, 0.15) is 6.54 Å². The summed E-state index contributed by atoms with van der Waals surface area (Å²) >= 11 is 1.25. The largest absolute Gasteiger partial charge is 0.454 e. The third kappa shape index (κ3) is 5.53. The van der Waals surface area contributed by atoms with Crippen molar-refractivity contribution >= 4 is 39.0 Å². The van der Waals surface area contributed by atoms with E-state index in [4.69, 9.17) is 4.74 Å². The Morgan fingerprint density at radius 2 is 2.16 bits per heavy atom. The summed E-state index contributed by atoms with van der Waals surface area (Å²) in [4.78, 5) is 37.4. The first-order valence-electron chi connectivity index (χ1n) is 7.79. The average molecular weight is 388 g/mol. The van der Waals surface area contributed by atoms with Gasteiger partial charge < -0.3 is 15.0 Å². The number of hydrogen-bond acceptors (Lipinski definition) is 7. The van der Waals surface area contributed by atoms with Gasteiger partial charge in [0.05, 0.1) is 16.4 Å². The van der Waals surface area contributed by atoms with Crippen LogP contribution in [-0.4, -0.2) is 68.3 Å². The van der Waals surface area contributed by atoms with Crippen molar-refractivity contribution in [2.24, 2.45) is 0 Å². The maximum absolute atomic E-state index is 12.2. The van der Waals surface area contributed by atoms with Crippen molar-refractivity contribution in [3.63, 3.8) is 0 Å². The van der Waals surface area contributed by atoms with Crippen LogP contribution in [0.5, 0.6) is 0 Å². The molecule has 1 saturated heterocycles. The molecule has 8 nitrogen and oxygen atoms in total. The molecule has 1 aromatic rings. The summed E-state index contributed by atoms with van der Waals surface area (Å²) in [6, 6.07) is 2.97. The number of amides is 2. The van der Waals surface area contributed by atoms with E-state index < -0.39 is 28.3 Å². The zero-order valence-corrected chi connectivity index (χ0v) is 15.4. The van der Waals surface area contributed by atoms with E-state index in [1.807, 2.05) is 0 Å². The highest BCUT2D eigenvalue weighted by molar-refractivity contribution is 7.91. The van der Waals surface area contributed by atoms with E-state index in [-0.39, 0.29) is 30.0 Å². The molecule has 1 fully saturated rings. The molecule has 1 atom stereocenters. The highest BCUT2D eigenvalue weighted by Crippen LogP contribution is 2.17. The first-order valence-corrected chi connectivity index (χ1v) is 10.5. The fourth-order valence-corrected chi connectivity index (χ4v) is 4.95. The molecule has 2 heterocycles. The smallest absolute Gasteiger partial charge is 0.325 e. The summed E-state index contributed by atoms with van der Waals surface area (Å²) < 4.78 is 27.9. The minimum Gasteiger partial charge on any atom is -0.454 e. The lowest BCUT2D eigenvalue weighted by Crippen LogP contribution is -2.43. The van der Waals surface area contributed by atoms with Crippen LogP contribution in [0.2, 0.25) is 0 Å². The highest BCUT2D eigenvalue weighted by Gasteiger charge is 2.34. The van der Waals surface area contributed by atoms with Gasteiger partial charge in [-0.05, 0) is 24.8 Å². The molecule has 2 rings (SSSR count). The van der Waals surface area contributed by atoms with E-state index in [2.05, 4.69) is 5.32 Å². The van der Waals surface area contributed by atoms with Crippen LogP contribution in [0.25, 0.3) is 0 Å². The Morgan fingerprint density at radius 3 is 2.72 bits per heavy atom. The number of thiophene rings is 1. The minimum absolute atomic E-state index is 0.0581. The van der Waals surface area contributed by atoms with Gasteiger partial charge in [-0.2, -0.15) is 0 Å². The molecular weight excluding hydrogens is 368 g/mol. The maximum Gasteiger partial charge on any atom is 0.325 e. The normalized spacial score (nSPS) is 18.5. The van der Waals surface area contributed by atoms with Gasteiger partial charge in [0.2, 0.25) is 0 Å². The number of hydrogen-bond donors (Lipinski definition) is 1. The molecule has 2 amide bonds. The molecular formula is C15H20N2O6S2. The van der Waals surface area contributed by atoms with E-state index in [0.29, 0.717) is 17.8 Å². The van der Waals surface area contributed by atoms with E-state index in [1.165, 1.54) is 16.2 Å².